The minimum absolute atomic E-state index is 0.439. The maximum atomic E-state index is 13.5. The third-order valence-corrected chi connectivity index (χ3v) is 7.33. The predicted molar refractivity (Wildman–Crippen MR) is 169 cm³/mol. The average Bonchev–Trinajstić information content (AvgIpc) is 3.44. The van der Waals surface area contributed by atoms with Gasteiger partial charge in [-0.1, -0.05) is 48.5 Å². The number of benzene rings is 4. The molecule has 0 radical (unpaired) electrons. The van der Waals surface area contributed by atoms with Crippen molar-refractivity contribution in [3.8, 4) is 23.0 Å². The molecule has 1 aromatic heterocycles. The molecule has 220 valence electrons. The third kappa shape index (κ3) is 6.10. The number of carbonyl (C=O) groups excluding carboxylic acids is 2. The van der Waals surface area contributed by atoms with E-state index in [1.54, 1.807) is 18.2 Å². The molecule has 8 heteroatoms. The number of fused-ring (bicyclic) bond motifs is 2. The number of allylic oxidation sites excluding steroid dienone is 1. The molecule has 1 heterocycles. The van der Waals surface area contributed by atoms with Crippen LogP contribution < -0.4 is 19.5 Å². The number of rotatable bonds is 9. The number of hydrogen-bond donors (Lipinski definition) is 1. The summed E-state index contributed by atoms with van der Waals surface area (Å²) in [6, 6.07) is 30.0. The number of anilines is 1. The van der Waals surface area contributed by atoms with Crippen molar-refractivity contribution < 1.29 is 28.5 Å². The minimum Gasteiger partial charge on any atom is -0.493 e. The van der Waals surface area contributed by atoms with Gasteiger partial charge in [0.25, 0.3) is 5.91 Å². The monoisotopic (exact) mass is 586 g/mol. The van der Waals surface area contributed by atoms with Crippen LogP contribution in [0.3, 0.4) is 0 Å². The van der Waals surface area contributed by atoms with E-state index in [-0.39, 0.29) is 0 Å². The molecule has 1 amide bonds. The Labute approximate surface area is 254 Å². The summed E-state index contributed by atoms with van der Waals surface area (Å²) in [6.07, 6.45) is 3.42. The fourth-order valence-corrected chi connectivity index (χ4v) is 5.32. The molecule has 0 saturated carbocycles. The van der Waals surface area contributed by atoms with Crippen LogP contribution in [0.5, 0.6) is 23.0 Å². The van der Waals surface area contributed by atoms with E-state index in [2.05, 4.69) is 11.4 Å². The Kier molecular flexibility index (Phi) is 8.23. The summed E-state index contributed by atoms with van der Waals surface area (Å²) in [5.74, 6) is 1.46. The third-order valence-electron chi connectivity index (χ3n) is 7.33. The SMILES string of the molecule is COc1ccc(NC(=O)COC(=O)c2c3c(nc4ccccc24)/C(=C/c2cccc(Oc4ccccc4)c2)CC3)cc1OC. The number of aromatic nitrogens is 1. The number of para-hydroxylation sites is 2. The summed E-state index contributed by atoms with van der Waals surface area (Å²) in [5, 5.41) is 3.43. The molecule has 44 heavy (non-hydrogen) atoms. The topological polar surface area (TPSA) is 96.0 Å². The number of hydrogen-bond acceptors (Lipinski definition) is 7. The normalized spacial score (nSPS) is 12.9. The predicted octanol–water partition coefficient (Wildman–Crippen LogP) is 7.33. The molecule has 0 unspecified atom stereocenters. The lowest BCUT2D eigenvalue weighted by Gasteiger charge is -2.13. The highest BCUT2D eigenvalue weighted by atomic mass is 16.5. The number of nitrogens with zero attached hydrogens (tertiary/aromatic N) is 1. The van der Waals surface area contributed by atoms with Gasteiger partial charge in [-0.05, 0) is 78.1 Å². The number of methoxy groups -OCH3 is 2. The second-order valence-corrected chi connectivity index (χ2v) is 10.2. The summed E-state index contributed by atoms with van der Waals surface area (Å²) in [6.45, 7) is -0.449. The van der Waals surface area contributed by atoms with Gasteiger partial charge >= 0.3 is 5.97 Å². The van der Waals surface area contributed by atoms with E-state index in [9.17, 15) is 9.59 Å². The molecule has 1 aliphatic carbocycles. The van der Waals surface area contributed by atoms with Gasteiger partial charge in [0.2, 0.25) is 0 Å². The fourth-order valence-electron chi connectivity index (χ4n) is 5.32. The zero-order valence-electron chi connectivity index (χ0n) is 24.3. The lowest BCUT2D eigenvalue weighted by atomic mass is 10.0. The molecular formula is C36H30N2O6. The maximum Gasteiger partial charge on any atom is 0.339 e. The second-order valence-electron chi connectivity index (χ2n) is 10.2. The fraction of sp³-hybridized carbons (Fsp3) is 0.139. The molecule has 1 aliphatic rings. The van der Waals surface area contributed by atoms with Crippen molar-refractivity contribution in [1.29, 1.82) is 0 Å². The maximum absolute atomic E-state index is 13.5. The zero-order valence-corrected chi connectivity index (χ0v) is 24.3. The Morgan fingerprint density at radius 2 is 1.59 bits per heavy atom. The molecule has 0 bridgehead atoms. The summed E-state index contributed by atoms with van der Waals surface area (Å²) in [7, 11) is 3.05. The quantitative estimate of drug-likeness (QED) is 0.181. The van der Waals surface area contributed by atoms with E-state index < -0.39 is 18.5 Å². The highest BCUT2D eigenvalue weighted by Gasteiger charge is 2.28. The molecular weight excluding hydrogens is 556 g/mol. The molecule has 1 N–H and O–H groups in total. The highest BCUT2D eigenvalue weighted by Crippen LogP contribution is 2.38. The first-order chi connectivity index (χ1) is 21.5. The van der Waals surface area contributed by atoms with Gasteiger partial charge in [0.1, 0.15) is 11.5 Å². The van der Waals surface area contributed by atoms with E-state index in [0.29, 0.717) is 46.5 Å². The molecule has 8 nitrogen and oxygen atoms in total. The Morgan fingerprint density at radius 1 is 0.818 bits per heavy atom. The molecule has 0 saturated heterocycles. The van der Waals surface area contributed by atoms with Gasteiger partial charge < -0.3 is 24.3 Å². The Balaban J connectivity index is 1.23. The first-order valence-corrected chi connectivity index (χ1v) is 14.2. The molecule has 0 aliphatic heterocycles. The minimum atomic E-state index is -0.568. The van der Waals surface area contributed by atoms with Crippen LogP contribution in [0.1, 0.15) is 33.6 Å². The van der Waals surface area contributed by atoms with Gasteiger partial charge in [-0.15, -0.1) is 0 Å². The van der Waals surface area contributed by atoms with Crippen LogP contribution in [-0.4, -0.2) is 37.7 Å². The standard InChI is InChI=1S/C36H30N2O6/c1-41-31-18-16-25(21-32(31)42-2)37-33(39)22-43-36(40)34-28-13-6-7-14-30(28)38-35-24(15-17-29(34)35)19-23-9-8-12-27(20-23)44-26-10-4-3-5-11-26/h3-14,16,18-21H,15,17,22H2,1-2H3,(H,37,39)/b24-19+. The van der Waals surface area contributed by atoms with Crippen LogP contribution in [0, 0.1) is 0 Å². The summed E-state index contributed by atoms with van der Waals surface area (Å²) in [4.78, 5) is 31.2. The van der Waals surface area contributed by atoms with Gasteiger partial charge in [0.15, 0.2) is 18.1 Å². The lowest BCUT2D eigenvalue weighted by Crippen LogP contribution is -2.21. The van der Waals surface area contributed by atoms with E-state index >= 15 is 0 Å². The Bertz CT molecular complexity index is 1880. The summed E-state index contributed by atoms with van der Waals surface area (Å²) >= 11 is 0. The van der Waals surface area contributed by atoms with Crippen molar-refractivity contribution in [2.75, 3.05) is 26.1 Å². The number of carbonyl (C=O) groups is 2. The number of esters is 1. The first kappa shape index (κ1) is 28.5. The molecule has 5 aromatic rings. The van der Waals surface area contributed by atoms with Crippen molar-refractivity contribution in [2.24, 2.45) is 0 Å². The van der Waals surface area contributed by atoms with Crippen LogP contribution in [0.15, 0.2) is 97.1 Å². The lowest BCUT2D eigenvalue weighted by molar-refractivity contribution is -0.119. The number of pyridine rings is 1. The van der Waals surface area contributed by atoms with E-state index in [0.717, 1.165) is 33.9 Å². The zero-order chi connectivity index (χ0) is 30.5. The van der Waals surface area contributed by atoms with Crippen LogP contribution >= 0.6 is 0 Å². The summed E-state index contributed by atoms with van der Waals surface area (Å²) in [5.41, 5.74) is 5.18. The highest BCUT2D eigenvalue weighted by molar-refractivity contribution is 6.08. The second kappa shape index (κ2) is 12.7. The number of nitrogens with one attached hydrogen (secondary N) is 1. The van der Waals surface area contributed by atoms with Crippen molar-refractivity contribution >= 4 is 40.1 Å². The molecule has 6 rings (SSSR count). The number of amides is 1. The van der Waals surface area contributed by atoms with Gasteiger partial charge in [0, 0.05) is 17.1 Å². The van der Waals surface area contributed by atoms with Crippen molar-refractivity contribution in [3.63, 3.8) is 0 Å². The van der Waals surface area contributed by atoms with Crippen LogP contribution in [-0.2, 0) is 16.0 Å². The largest absolute Gasteiger partial charge is 0.493 e. The van der Waals surface area contributed by atoms with E-state index in [4.69, 9.17) is 23.9 Å². The number of ether oxygens (including phenoxy) is 4. The molecule has 4 aromatic carbocycles. The van der Waals surface area contributed by atoms with Crippen molar-refractivity contribution in [2.45, 2.75) is 12.8 Å². The Hall–Kier alpha value is -5.63. The van der Waals surface area contributed by atoms with E-state index in [1.165, 1.54) is 14.2 Å². The molecule has 0 atom stereocenters. The van der Waals surface area contributed by atoms with Crippen molar-refractivity contribution in [1.82, 2.24) is 4.98 Å². The van der Waals surface area contributed by atoms with Gasteiger partial charge in [-0.2, -0.15) is 0 Å². The van der Waals surface area contributed by atoms with Gasteiger partial charge in [-0.25, -0.2) is 9.78 Å². The van der Waals surface area contributed by atoms with Gasteiger partial charge in [0.05, 0.1) is 31.0 Å². The summed E-state index contributed by atoms with van der Waals surface area (Å²) < 4.78 is 22.1. The average molecular weight is 587 g/mol. The molecule has 0 fully saturated rings. The van der Waals surface area contributed by atoms with E-state index in [1.807, 2.05) is 78.9 Å². The Morgan fingerprint density at radius 3 is 2.41 bits per heavy atom. The van der Waals surface area contributed by atoms with Gasteiger partial charge in [-0.3, -0.25) is 4.79 Å². The van der Waals surface area contributed by atoms with Crippen molar-refractivity contribution in [3.05, 3.63) is 119 Å². The first-order valence-electron chi connectivity index (χ1n) is 14.2. The van der Waals surface area contributed by atoms with Crippen LogP contribution in [0.2, 0.25) is 0 Å². The molecule has 0 spiro atoms. The smallest absolute Gasteiger partial charge is 0.339 e. The van der Waals surface area contributed by atoms with Crippen LogP contribution in [0.25, 0.3) is 22.6 Å². The van der Waals surface area contributed by atoms with Crippen LogP contribution in [0.4, 0.5) is 5.69 Å².